The molecule has 1 atom stereocenters. The molecule has 7 heteroatoms. The predicted molar refractivity (Wildman–Crippen MR) is 95.6 cm³/mol. The summed E-state index contributed by atoms with van der Waals surface area (Å²) in [7, 11) is 0. The molecule has 0 aliphatic rings. The summed E-state index contributed by atoms with van der Waals surface area (Å²) in [5.74, 6) is -0.377. The number of nitriles is 1. The van der Waals surface area contributed by atoms with Gasteiger partial charge < -0.3 is 4.84 Å². The van der Waals surface area contributed by atoms with Gasteiger partial charge in [-0.1, -0.05) is 29.3 Å². The number of hydrogen-bond donors (Lipinski definition) is 2. The molecular weight excluding hydrogens is 361 g/mol. The van der Waals surface area contributed by atoms with E-state index in [0.717, 1.165) is 17.2 Å². The quantitative estimate of drug-likeness (QED) is 0.620. The standard InChI is InChI=1S/C18H13ClFN3OS/c19-15-4-1-12(2-5-15)18(14-7-8-25-11-14)22-23-24-16-6-3-13(10-21)17(20)9-16/h1-9,11,18,22-23H. The Balaban J connectivity index is 1.70. The molecule has 0 fully saturated rings. The molecule has 25 heavy (non-hydrogen) atoms. The van der Waals surface area contributed by atoms with E-state index < -0.39 is 5.82 Å². The number of nitrogens with zero attached hydrogens (tertiary/aromatic N) is 1. The Morgan fingerprint density at radius 3 is 2.56 bits per heavy atom. The highest BCUT2D eigenvalue weighted by Crippen LogP contribution is 2.25. The van der Waals surface area contributed by atoms with Crippen LogP contribution in [0.1, 0.15) is 22.7 Å². The van der Waals surface area contributed by atoms with Gasteiger partial charge in [0.2, 0.25) is 0 Å². The Hall–Kier alpha value is -2.43. The van der Waals surface area contributed by atoms with Crippen molar-refractivity contribution in [2.75, 3.05) is 0 Å². The van der Waals surface area contributed by atoms with Gasteiger partial charge >= 0.3 is 0 Å². The summed E-state index contributed by atoms with van der Waals surface area (Å²) in [6.45, 7) is 0. The first kappa shape index (κ1) is 17.4. The lowest BCUT2D eigenvalue weighted by Gasteiger charge is -2.19. The van der Waals surface area contributed by atoms with Crippen LogP contribution in [-0.2, 0) is 0 Å². The highest BCUT2D eigenvalue weighted by molar-refractivity contribution is 7.08. The van der Waals surface area contributed by atoms with Crippen LogP contribution in [0.3, 0.4) is 0 Å². The fourth-order valence-corrected chi connectivity index (χ4v) is 3.06. The number of nitrogens with one attached hydrogen (secondary N) is 2. The van der Waals surface area contributed by atoms with E-state index in [4.69, 9.17) is 21.7 Å². The van der Waals surface area contributed by atoms with E-state index in [0.29, 0.717) is 5.02 Å². The summed E-state index contributed by atoms with van der Waals surface area (Å²) in [6.07, 6.45) is 0. The minimum atomic E-state index is -0.631. The van der Waals surface area contributed by atoms with Gasteiger partial charge in [0.05, 0.1) is 11.6 Å². The Bertz CT molecular complexity index is 878. The van der Waals surface area contributed by atoms with Crippen molar-refractivity contribution >= 4 is 22.9 Å². The number of rotatable bonds is 6. The van der Waals surface area contributed by atoms with E-state index in [1.165, 1.54) is 12.1 Å². The van der Waals surface area contributed by atoms with Crippen molar-refractivity contribution in [2.45, 2.75) is 6.04 Å². The second-order valence-electron chi connectivity index (χ2n) is 5.14. The van der Waals surface area contributed by atoms with Crippen molar-refractivity contribution in [3.8, 4) is 11.8 Å². The highest BCUT2D eigenvalue weighted by atomic mass is 35.5. The molecule has 126 valence electrons. The number of hydrogen-bond acceptors (Lipinski definition) is 5. The van der Waals surface area contributed by atoms with E-state index in [1.807, 2.05) is 41.1 Å². The lowest BCUT2D eigenvalue weighted by atomic mass is 10.0. The highest BCUT2D eigenvalue weighted by Gasteiger charge is 2.14. The third kappa shape index (κ3) is 4.35. The van der Waals surface area contributed by atoms with Gasteiger partial charge in [-0.15, -0.1) is 0 Å². The zero-order valence-corrected chi connectivity index (χ0v) is 14.4. The van der Waals surface area contributed by atoms with Gasteiger partial charge in [-0.2, -0.15) is 16.6 Å². The average Bonchev–Trinajstić information content (AvgIpc) is 3.14. The molecule has 3 aromatic rings. The normalized spacial score (nSPS) is 11.7. The molecule has 0 saturated carbocycles. The third-order valence-electron chi connectivity index (χ3n) is 3.51. The first-order valence-corrected chi connectivity index (χ1v) is 8.64. The molecule has 4 nitrogen and oxygen atoms in total. The third-order valence-corrected chi connectivity index (χ3v) is 4.47. The number of thiophene rings is 1. The second-order valence-corrected chi connectivity index (χ2v) is 6.36. The van der Waals surface area contributed by atoms with Crippen LogP contribution < -0.4 is 15.9 Å². The summed E-state index contributed by atoms with van der Waals surface area (Å²) in [5.41, 5.74) is 7.71. The van der Waals surface area contributed by atoms with Gasteiger partial charge in [-0.3, -0.25) is 0 Å². The molecule has 0 radical (unpaired) electrons. The summed E-state index contributed by atoms with van der Waals surface area (Å²) >= 11 is 7.53. The van der Waals surface area contributed by atoms with Gasteiger partial charge in [0.25, 0.3) is 0 Å². The summed E-state index contributed by atoms with van der Waals surface area (Å²) < 4.78 is 13.6. The Morgan fingerprint density at radius 1 is 1.12 bits per heavy atom. The smallest absolute Gasteiger partial charge is 0.152 e. The molecule has 2 N–H and O–H groups in total. The van der Waals surface area contributed by atoms with Crippen LogP contribution in [0.4, 0.5) is 4.39 Å². The molecule has 0 aliphatic heterocycles. The van der Waals surface area contributed by atoms with Crippen LogP contribution in [-0.4, -0.2) is 0 Å². The Morgan fingerprint density at radius 2 is 1.92 bits per heavy atom. The molecule has 2 aromatic carbocycles. The van der Waals surface area contributed by atoms with E-state index in [-0.39, 0.29) is 17.4 Å². The number of benzene rings is 2. The second kappa shape index (κ2) is 8.10. The number of hydrazine groups is 1. The van der Waals surface area contributed by atoms with Crippen molar-refractivity contribution in [3.05, 3.63) is 86.8 Å². The zero-order valence-electron chi connectivity index (χ0n) is 12.9. The minimum absolute atomic E-state index is 0.0300. The molecule has 1 aromatic heterocycles. The van der Waals surface area contributed by atoms with Crippen molar-refractivity contribution in [1.29, 1.82) is 5.26 Å². The molecule has 0 amide bonds. The van der Waals surface area contributed by atoms with E-state index in [2.05, 4.69) is 11.0 Å². The average molecular weight is 374 g/mol. The summed E-state index contributed by atoms with van der Waals surface area (Å²) in [5, 5.41) is 13.4. The van der Waals surface area contributed by atoms with Crippen LogP contribution in [0, 0.1) is 17.1 Å². The van der Waals surface area contributed by atoms with Gasteiger partial charge in [0, 0.05) is 11.1 Å². The number of halogens is 2. The lowest BCUT2D eigenvalue weighted by molar-refractivity contribution is 0.138. The maximum Gasteiger partial charge on any atom is 0.152 e. The minimum Gasteiger partial charge on any atom is -0.394 e. The summed E-state index contributed by atoms with van der Waals surface area (Å²) in [6, 6.07) is 15.1. The van der Waals surface area contributed by atoms with Crippen molar-refractivity contribution in [2.24, 2.45) is 0 Å². The molecular formula is C18H13ClFN3OS. The van der Waals surface area contributed by atoms with Crippen LogP contribution in [0.15, 0.2) is 59.3 Å². The van der Waals surface area contributed by atoms with Crippen molar-refractivity contribution < 1.29 is 9.23 Å². The molecule has 0 spiro atoms. The topological polar surface area (TPSA) is 57.1 Å². The summed E-state index contributed by atoms with van der Waals surface area (Å²) in [4.78, 5) is 5.33. The first-order chi connectivity index (χ1) is 12.2. The maximum absolute atomic E-state index is 13.6. The van der Waals surface area contributed by atoms with Crippen LogP contribution in [0.5, 0.6) is 5.75 Å². The van der Waals surface area contributed by atoms with Gasteiger partial charge in [0.1, 0.15) is 11.9 Å². The van der Waals surface area contributed by atoms with E-state index in [9.17, 15) is 4.39 Å². The molecule has 0 aliphatic carbocycles. The van der Waals surface area contributed by atoms with Crippen LogP contribution in [0.2, 0.25) is 5.02 Å². The zero-order chi connectivity index (χ0) is 17.6. The molecule has 0 bridgehead atoms. The SMILES string of the molecule is N#Cc1ccc(ONNC(c2ccc(Cl)cc2)c2ccsc2)cc1F. The lowest BCUT2D eigenvalue weighted by Crippen LogP contribution is -2.38. The Labute approximate surface area is 153 Å². The van der Waals surface area contributed by atoms with Crippen LogP contribution in [0.25, 0.3) is 0 Å². The van der Waals surface area contributed by atoms with Crippen molar-refractivity contribution in [3.63, 3.8) is 0 Å². The molecule has 1 heterocycles. The molecule has 1 unspecified atom stereocenters. The fraction of sp³-hybridized carbons (Fsp3) is 0.0556. The predicted octanol–water partition coefficient (Wildman–Crippen LogP) is 4.59. The van der Waals surface area contributed by atoms with Gasteiger partial charge in [0.15, 0.2) is 5.75 Å². The van der Waals surface area contributed by atoms with E-state index >= 15 is 0 Å². The van der Waals surface area contributed by atoms with Gasteiger partial charge in [-0.25, -0.2) is 9.82 Å². The molecule has 3 rings (SSSR count). The fourth-order valence-electron chi connectivity index (χ4n) is 2.25. The Kier molecular flexibility index (Phi) is 5.64. The maximum atomic E-state index is 13.6. The monoisotopic (exact) mass is 373 g/mol. The molecule has 0 saturated heterocycles. The van der Waals surface area contributed by atoms with Gasteiger partial charge in [-0.05, 0) is 52.2 Å². The largest absolute Gasteiger partial charge is 0.394 e. The van der Waals surface area contributed by atoms with E-state index in [1.54, 1.807) is 17.4 Å². The first-order valence-electron chi connectivity index (χ1n) is 7.32. The van der Waals surface area contributed by atoms with Crippen LogP contribution >= 0.6 is 22.9 Å². The van der Waals surface area contributed by atoms with Crippen molar-refractivity contribution in [1.82, 2.24) is 11.0 Å².